The summed E-state index contributed by atoms with van der Waals surface area (Å²) in [5.74, 6) is 0.544. The quantitative estimate of drug-likeness (QED) is 0.846. The lowest BCUT2D eigenvalue weighted by Crippen LogP contribution is -2.49. The number of fused-ring (bicyclic) bond motifs is 3. The lowest BCUT2D eigenvalue weighted by Gasteiger charge is -2.33. The highest BCUT2D eigenvalue weighted by Crippen LogP contribution is 2.44. The van der Waals surface area contributed by atoms with Crippen LogP contribution in [0.4, 0.5) is 5.69 Å². The Morgan fingerprint density at radius 3 is 3.00 bits per heavy atom. The summed E-state index contributed by atoms with van der Waals surface area (Å²) in [5, 5.41) is 3.38. The van der Waals surface area contributed by atoms with E-state index in [-0.39, 0.29) is 11.4 Å². The third-order valence-corrected chi connectivity index (χ3v) is 4.55. The predicted octanol–water partition coefficient (Wildman–Crippen LogP) is 2.92. The molecule has 0 aliphatic carbocycles. The number of carbonyl (C=O) groups is 1. The number of rotatable bonds is 2. The van der Waals surface area contributed by atoms with Crippen LogP contribution >= 0.6 is 23.4 Å². The topological polar surface area (TPSA) is 32.3 Å². The van der Waals surface area contributed by atoms with Crippen molar-refractivity contribution in [1.29, 1.82) is 0 Å². The number of anilines is 1. The molecule has 1 unspecified atom stereocenters. The highest BCUT2D eigenvalue weighted by molar-refractivity contribution is 8.00. The van der Waals surface area contributed by atoms with E-state index in [1.165, 1.54) is 0 Å². The van der Waals surface area contributed by atoms with Crippen LogP contribution in [0.25, 0.3) is 0 Å². The van der Waals surface area contributed by atoms with E-state index in [2.05, 4.69) is 5.32 Å². The zero-order valence-electron chi connectivity index (χ0n) is 9.94. The van der Waals surface area contributed by atoms with Gasteiger partial charge in [0.2, 0.25) is 0 Å². The van der Waals surface area contributed by atoms with Gasteiger partial charge in [0.05, 0.1) is 5.69 Å². The fourth-order valence-corrected chi connectivity index (χ4v) is 3.76. The number of benzene rings is 1. The first-order valence-electron chi connectivity index (χ1n) is 5.84. The summed E-state index contributed by atoms with van der Waals surface area (Å²) in [7, 11) is 0. The van der Waals surface area contributed by atoms with Crippen LogP contribution in [0.2, 0.25) is 0 Å². The summed E-state index contributed by atoms with van der Waals surface area (Å²) in [6.07, 6.45) is 0.606. The first-order chi connectivity index (χ1) is 8.72. The van der Waals surface area contributed by atoms with Gasteiger partial charge in [-0.1, -0.05) is 23.9 Å². The number of carbonyl (C=O) groups excluding carboxylic acids is 1. The molecule has 0 aromatic heterocycles. The number of thioether (sulfide) groups is 1. The van der Waals surface area contributed by atoms with Crippen LogP contribution in [0.15, 0.2) is 40.4 Å². The van der Waals surface area contributed by atoms with E-state index >= 15 is 0 Å². The van der Waals surface area contributed by atoms with Crippen LogP contribution in [0.3, 0.4) is 0 Å². The Balaban J connectivity index is 2.01. The van der Waals surface area contributed by atoms with Crippen molar-refractivity contribution in [2.24, 2.45) is 0 Å². The van der Waals surface area contributed by atoms with Crippen molar-refractivity contribution >= 4 is 35.0 Å². The van der Waals surface area contributed by atoms with Crippen molar-refractivity contribution in [3.63, 3.8) is 0 Å². The number of allylic oxidation sites excluding steroid dienone is 1. The Kier molecular flexibility index (Phi) is 2.99. The minimum atomic E-state index is -0.0195. The molecule has 94 valence electrons. The molecule has 3 nitrogen and oxygen atoms in total. The molecular formula is C13H13ClN2OS. The van der Waals surface area contributed by atoms with Crippen molar-refractivity contribution < 1.29 is 4.79 Å². The minimum Gasteiger partial charge on any atom is -0.359 e. The van der Waals surface area contributed by atoms with Gasteiger partial charge in [0, 0.05) is 22.0 Å². The van der Waals surface area contributed by atoms with Crippen LogP contribution in [0, 0.1) is 0 Å². The average Bonchev–Trinajstić information content (AvgIpc) is 2.72. The number of nitrogens with zero attached hydrogens (tertiary/aromatic N) is 1. The Morgan fingerprint density at radius 1 is 1.44 bits per heavy atom. The van der Waals surface area contributed by atoms with Gasteiger partial charge in [-0.15, -0.1) is 11.6 Å². The number of para-hydroxylation sites is 1. The molecule has 3 rings (SSSR count). The molecule has 1 N–H and O–H groups in total. The van der Waals surface area contributed by atoms with Gasteiger partial charge in [-0.25, -0.2) is 0 Å². The minimum absolute atomic E-state index is 0.0195. The Bertz CT molecular complexity index is 544. The Hall–Kier alpha value is -1.13. The maximum absolute atomic E-state index is 12.5. The van der Waals surface area contributed by atoms with Crippen molar-refractivity contribution in [3.05, 3.63) is 35.5 Å². The zero-order chi connectivity index (χ0) is 12.7. The molecule has 2 aliphatic heterocycles. The number of alkyl halides is 1. The van der Waals surface area contributed by atoms with Crippen LogP contribution < -0.4 is 10.2 Å². The zero-order valence-corrected chi connectivity index (χ0v) is 11.5. The third kappa shape index (κ3) is 1.71. The van der Waals surface area contributed by atoms with Crippen LogP contribution in [-0.2, 0) is 4.79 Å². The maximum atomic E-state index is 12.5. The van der Waals surface area contributed by atoms with Crippen molar-refractivity contribution in [3.8, 4) is 0 Å². The van der Waals surface area contributed by atoms with Gasteiger partial charge in [-0.3, -0.25) is 9.69 Å². The van der Waals surface area contributed by atoms with Crippen molar-refractivity contribution in [2.45, 2.75) is 23.7 Å². The number of hydrogen-bond acceptors (Lipinski definition) is 3. The number of amides is 1. The SMILES string of the molecule is CC1=C(CCCl)C(=O)N2c3ccccc3SC2N1. The molecule has 0 spiro atoms. The lowest BCUT2D eigenvalue weighted by atomic mass is 10.1. The summed E-state index contributed by atoms with van der Waals surface area (Å²) in [6.45, 7) is 1.95. The first-order valence-corrected chi connectivity index (χ1v) is 7.25. The number of hydrogen-bond donors (Lipinski definition) is 1. The molecule has 1 amide bonds. The van der Waals surface area contributed by atoms with Crippen LogP contribution in [-0.4, -0.2) is 17.3 Å². The van der Waals surface area contributed by atoms with E-state index in [9.17, 15) is 4.79 Å². The molecule has 0 saturated heterocycles. The van der Waals surface area contributed by atoms with E-state index in [1.54, 1.807) is 11.8 Å². The van der Waals surface area contributed by atoms with Gasteiger partial charge in [0.25, 0.3) is 5.91 Å². The number of halogens is 1. The standard InChI is InChI=1S/C13H13ClN2OS/c1-8-9(6-7-14)12(17)16-10-4-2-3-5-11(10)18-13(16)15-8/h2-5,13,15H,6-7H2,1H3. The van der Waals surface area contributed by atoms with Gasteiger partial charge in [0.1, 0.15) is 0 Å². The monoisotopic (exact) mass is 280 g/mol. The third-order valence-electron chi connectivity index (χ3n) is 3.21. The highest BCUT2D eigenvalue weighted by Gasteiger charge is 2.39. The second-order valence-corrected chi connectivity index (χ2v) is 5.80. The van der Waals surface area contributed by atoms with Gasteiger partial charge in [-0.2, -0.15) is 0 Å². The van der Waals surface area contributed by atoms with Crippen molar-refractivity contribution in [2.75, 3.05) is 10.8 Å². The molecule has 1 aromatic rings. The lowest BCUT2D eigenvalue weighted by molar-refractivity contribution is -0.115. The molecular weight excluding hydrogens is 268 g/mol. The summed E-state index contributed by atoms with van der Waals surface area (Å²) >= 11 is 7.45. The van der Waals surface area contributed by atoms with E-state index in [0.29, 0.717) is 12.3 Å². The summed E-state index contributed by atoms with van der Waals surface area (Å²) in [5.41, 5.74) is 2.71. The fourth-order valence-electron chi connectivity index (χ4n) is 2.33. The summed E-state index contributed by atoms with van der Waals surface area (Å²) in [6, 6.07) is 7.99. The van der Waals surface area contributed by atoms with Gasteiger partial charge >= 0.3 is 0 Å². The van der Waals surface area contributed by atoms with Gasteiger partial charge < -0.3 is 5.32 Å². The second kappa shape index (κ2) is 4.52. The maximum Gasteiger partial charge on any atom is 0.258 e. The molecule has 0 saturated carbocycles. The Labute approximate surface area is 115 Å². The second-order valence-electron chi connectivity index (χ2n) is 4.30. The molecule has 1 atom stereocenters. The summed E-state index contributed by atoms with van der Waals surface area (Å²) < 4.78 is 0. The largest absolute Gasteiger partial charge is 0.359 e. The van der Waals surface area contributed by atoms with Gasteiger partial charge in [-0.05, 0) is 25.5 Å². The molecule has 2 heterocycles. The smallest absolute Gasteiger partial charge is 0.258 e. The Morgan fingerprint density at radius 2 is 2.22 bits per heavy atom. The molecule has 2 aliphatic rings. The molecule has 0 fully saturated rings. The highest BCUT2D eigenvalue weighted by atomic mass is 35.5. The molecule has 0 bridgehead atoms. The number of nitrogens with one attached hydrogen (secondary N) is 1. The van der Waals surface area contributed by atoms with E-state index in [1.807, 2.05) is 36.1 Å². The average molecular weight is 281 g/mol. The fraction of sp³-hybridized carbons (Fsp3) is 0.308. The molecule has 5 heteroatoms. The van der Waals surface area contributed by atoms with E-state index in [4.69, 9.17) is 11.6 Å². The van der Waals surface area contributed by atoms with E-state index < -0.39 is 0 Å². The van der Waals surface area contributed by atoms with Crippen LogP contribution in [0.1, 0.15) is 13.3 Å². The first kappa shape index (κ1) is 11.9. The van der Waals surface area contributed by atoms with E-state index in [0.717, 1.165) is 21.9 Å². The molecule has 1 aromatic carbocycles. The van der Waals surface area contributed by atoms with Crippen molar-refractivity contribution in [1.82, 2.24) is 5.32 Å². The molecule has 18 heavy (non-hydrogen) atoms. The van der Waals surface area contributed by atoms with Gasteiger partial charge in [0.15, 0.2) is 5.50 Å². The molecule has 0 radical (unpaired) electrons. The predicted molar refractivity (Wildman–Crippen MR) is 74.7 cm³/mol. The van der Waals surface area contributed by atoms with Crippen LogP contribution in [0.5, 0.6) is 0 Å². The normalized spacial score (nSPS) is 21.8. The summed E-state index contributed by atoms with van der Waals surface area (Å²) in [4.78, 5) is 15.5.